The number of hydrogen-bond donors (Lipinski definition) is 2. The van der Waals surface area contributed by atoms with Crippen molar-refractivity contribution in [1.29, 1.82) is 0 Å². The minimum Gasteiger partial charge on any atom is -0.491 e. The van der Waals surface area contributed by atoms with Crippen LogP contribution < -0.4 is 9.64 Å². The van der Waals surface area contributed by atoms with Crippen molar-refractivity contribution in [2.45, 2.75) is 42.8 Å². The van der Waals surface area contributed by atoms with Gasteiger partial charge in [0.1, 0.15) is 54.5 Å². The molecule has 2 N–H and O–H groups in total. The number of anilines is 1. The zero-order chi connectivity index (χ0) is 47.8. The number of esters is 1. The van der Waals surface area contributed by atoms with E-state index < -0.39 is 71.0 Å². The monoisotopic (exact) mass is 924 g/mol. The minimum atomic E-state index is -2.26. The number of nitro groups is 1. The number of aliphatic carboxylic acids is 1. The number of nitro benzene ring substituents is 1. The Bertz CT molecular complexity index is 3190. The van der Waals surface area contributed by atoms with Gasteiger partial charge in [0.2, 0.25) is 5.91 Å². The topological polar surface area (TPSA) is 217 Å². The van der Waals surface area contributed by atoms with Crippen LogP contribution in [0.1, 0.15) is 51.6 Å². The molecule has 0 unspecified atom stereocenters. The Kier molecular flexibility index (Phi) is 11.6. The Hall–Kier alpha value is -8.72. The first-order valence-corrected chi connectivity index (χ1v) is 21.9. The lowest BCUT2D eigenvalue weighted by atomic mass is 9.65. The first kappa shape index (κ1) is 44.1. The molecule has 4 heterocycles. The maximum absolute atomic E-state index is 16.1. The summed E-state index contributed by atoms with van der Waals surface area (Å²) in [6.45, 7) is -0.550. The molecule has 344 valence electrons. The van der Waals surface area contributed by atoms with Crippen LogP contribution in [-0.4, -0.2) is 78.2 Å². The molecule has 6 aromatic carbocycles. The van der Waals surface area contributed by atoms with Crippen molar-refractivity contribution in [3.8, 4) is 17.6 Å². The number of fused-ring (bicyclic) bond motifs is 4. The second-order valence-corrected chi connectivity index (χ2v) is 16.6. The van der Waals surface area contributed by atoms with Gasteiger partial charge in [0.05, 0.1) is 34.8 Å². The zero-order valence-electron chi connectivity index (χ0n) is 36.4. The van der Waals surface area contributed by atoms with Crippen LogP contribution in [0.2, 0.25) is 0 Å². The van der Waals surface area contributed by atoms with Crippen molar-refractivity contribution < 1.29 is 48.5 Å². The van der Waals surface area contributed by atoms with E-state index in [1.807, 2.05) is 72.8 Å². The third-order valence-corrected chi connectivity index (χ3v) is 12.9. The average molecular weight is 925 g/mol. The number of imide groups is 1. The number of hydrogen-bond acceptors (Lipinski definition) is 13. The number of morpholine rings is 1. The lowest BCUT2D eigenvalue weighted by Gasteiger charge is -2.46. The van der Waals surface area contributed by atoms with Crippen LogP contribution in [0, 0.1) is 27.9 Å². The van der Waals surface area contributed by atoms with Crippen LogP contribution in [0.4, 0.5) is 16.2 Å². The summed E-state index contributed by atoms with van der Waals surface area (Å²) in [6.07, 6.45) is -2.15. The number of benzene rings is 6. The van der Waals surface area contributed by atoms with Gasteiger partial charge in [-0.25, -0.2) is 14.4 Å². The number of nitrogens with zero attached hydrogens (tertiary/aromatic N) is 6. The van der Waals surface area contributed by atoms with Crippen LogP contribution in [0.15, 0.2) is 152 Å². The van der Waals surface area contributed by atoms with Crippen LogP contribution in [0.5, 0.6) is 5.75 Å². The van der Waals surface area contributed by atoms with Gasteiger partial charge in [-0.2, -0.15) is 0 Å². The molecule has 3 aliphatic heterocycles. The molecule has 3 aliphatic rings. The fraction of sp³-hybridized carbons (Fsp3) is 0.192. The number of para-hydroxylation sites is 1. The average Bonchev–Trinajstić information content (AvgIpc) is 4.02. The number of aliphatic hydroxyl groups excluding tert-OH is 1. The van der Waals surface area contributed by atoms with Crippen LogP contribution in [0.3, 0.4) is 0 Å². The Labute approximate surface area is 393 Å². The van der Waals surface area contributed by atoms with Crippen molar-refractivity contribution in [3.63, 3.8) is 0 Å². The lowest BCUT2D eigenvalue weighted by molar-refractivity contribution is -0.384. The van der Waals surface area contributed by atoms with Crippen molar-refractivity contribution in [2.75, 3.05) is 18.1 Å². The maximum atomic E-state index is 16.1. The van der Waals surface area contributed by atoms with Gasteiger partial charge in [0.15, 0.2) is 0 Å². The molecular weight excluding hydrogens is 885 g/mol. The fourth-order valence-corrected chi connectivity index (χ4v) is 10.0. The summed E-state index contributed by atoms with van der Waals surface area (Å²) in [5.41, 5.74) is 1.50. The number of carbonyl (C=O) groups excluding carboxylic acids is 3. The standard InChI is InChI=1S/C52H40N6O11/c59-28-29-67-38-24-20-36(21-25-38)47-52(43(48(60)61)45-49(62)69-46(35-13-5-2-6-14-35)44(57(45)47)34-11-3-1-4-12-34)39-30-32(10-9-27-55-42-16-8-7-15-40(42)53-54-55)19-26-41(39)56(50(52)63)51(64)68-31-33-17-22-37(23-18-33)58(65)66/h1-8,11-26,30,43-47,59H,27-29,31H2,(H,60,61)/t43-,44-,45-,46+,47+,52-/m1/s1. The number of ether oxygens (including phenoxy) is 3. The number of carboxylic acids is 1. The van der Waals surface area contributed by atoms with Gasteiger partial charge < -0.3 is 24.4 Å². The molecule has 1 aromatic heterocycles. The maximum Gasteiger partial charge on any atom is 0.421 e. The van der Waals surface area contributed by atoms with Crippen molar-refractivity contribution >= 4 is 46.3 Å². The second kappa shape index (κ2) is 18.2. The molecular formula is C52H40N6O11. The Morgan fingerprint density at radius 3 is 2.22 bits per heavy atom. The highest BCUT2D eigenvalue weighted by molar-refractivity contribution is 6.23. The first-order chi connectivity index (χ1) is 33.6. The normalized spacial score (nSPS) is 21.5. The van der Waals surface area contributed by atoms with Crippen molar-refractivity contribution in [3.05, 3.63) is 195 Å². The largest absolute Gasteiger partial charge is 0.491 e. The SMILES string of the molecule is O=C1O[C@@H](c2ccccc2)[C@@H](c2ccccc2)N2[C@@H](c3ccc(OCCO)cc3)[C@]3(C(=O)N(C(=O)OCc4ccc([N+](=O)[O-])cc4)c4ccc(C#CCn5nnc6ccccc65)cc43)[C@@H](C(=O)O)[C@H]12. The van der Waals surface area contributed by atoms with E-state index in [4.69, 9.17) is 14.2 Å². The summed E-state index contributed by atoms with van der Waals surface area (Å²) in [5, 5.41) is 41.0. The summed E-state index contributed by atoms with van der Waals surface area (Å²) in [7, 11) is 0. The summed E-state index contributed by atoms with van der Waals surface area (Å²) in [6, 6.07) is 38.4. The van der Waals surface area contributed by atoms with E-state index in [1.54, 1.807) is 58.1 Å². The molecule has 17 heteroatoms. The van der Waals surface area contributed by atoms with Gasteiger partial charge in [-0.3, -0.25) is 29.4 Å². The highest BCUT2D eigenvalue weighted by atomic mass is 16.6. The lowest BCUT2D eigenvalue weighted by Crippen LogP contribution is -2.53. The summed E-state index contributed by atoms with van der Waals surface area (Å²) in [4.78, 5) is 73.4. The van der Waals surface area contributed by atoms with E-state index in [-0.39, 0.29) is 36.7 Å². The highest BCUT2D eigenvalue weighted by Crippen LogP contribution is 2.66. The minimum absolute atomic E-state index is 0.00440. The molecule has 0 aliphatic carbocycles. The molecule has 17 nitrogen and oxygen atoms in total. The summed E-state index contributed by atoms with van der Waals surface area (Å²) >= 11 is 0. The fourth-order valence-electron chi connectivity index (χ4n) is 10.0. The van der Waals surface area contributed by atoms with Gasteiger partial charge in [-0.1, -0.05) is 102 Å². The molecule has 0 saturated carbocycles. The van der Waals surface area contributed by atoms with E-state index in [1.165, 1.54) is 30.3 Å². The Balaban J connectivity index is 1.18. The third-order valence-electron chi connectivity index (χ3n) is 12.9. The number of amides is 2. The number of carbonyl (C=O) groups is 4. The molecule has 10 rings (SSSR count). The van der Waals surface area contributed by atoms with E-state index in [9.17, 15) is 34.7 Å². The second-order valence-electron chi connectivity index (χ2n) is 16.6. The first-order valence-electron chi connectivity index (χ1n) is 21.9. The Morgan fingerprint density at radius 2 is 1.52 bits per heavy atom. The van der Waals surface area contributed by atoms with Crippen LogP contribution in [0.25, 0.3) is 11.0 Å². The van der Waals surface area contributed by atoms with Crippen LogP contribution in [-0.2, 0) is 42.4 Å². The predicted octanol–water partition coefficient (Wildman–Crippen LogP) is 6.85. The molecule has 2 amide bonds. The number of cyclic esters (lactones) is 1. The van der Waals surface area contributed by atoms with Gasteiger partial charge in [0.25, 0.3) is 5.69 Å². The smallest absolute Gasteiger partial charge is 0.421 e. The van der Waals surface area contributed by atoms with Crippen molar-refractivity contribution in [2.24, 2.45) is 5.92 Å². The quantitative estimate of drug-likeness (QED) is 0.0587. The van der Waals surface area contributed by atoms with E-state index in [0.717, 1.165) is 10.4 Å². The molecule has 2 saturated heterocycles. The number of aliphatic hydroxyl groups is 1. The molecule has 0 radical (unpaired) electrons. The van der Waals surface area contributed by atoms with E-state index in [0.29, 0.717) is 39.1 Å². The molecule has 0 bridgehead atoms. The Morgan fingerprint density at radius 1 is 0.826 bits per heavy atom. The highest BCUT2D eigenvalue weighted by Gasteiger charge is 2.76. The predicted molar refractivity (Wildman–Crippen MR) is 246 cm³/mol. The van der Waals surface area contributed by atoms with E-state index in [2.05, 4.69) is 22.2 Å². The van der Waals surface area contributed by atoms with Crippen LogP contribution >= 0.6 is 0 Å². The number of carboxylic acid groups (broad SMARTS) is 1. The molecule has 69 heavy (non-hydrogen) atoms. The molecule has 6 atom stereocenters. The summed E-state index contributed by atoms with van der Waals surface area (Å²) in [5.74, 6) is 1.37. The van der Waals surface area contributed by atoms with Gasteiger partial charge >= 0.3 is 18.0 Å². The molecule has 7 aromatic rings. The van der Waals surface area contributed by atoms with Crippen molar-refractivity contribution in [1.82, 2.24) is 19.9 Å². The zero-order valence-corrected chi connectivity index (χ0v) is 36.4. The molecule has 2 fully saturated rings. The van der Waals surface area contributed by atoms with E-state index >= 15 is 4.79 Å². The van der Waals surface area contributed by atoms with Gasteiger partial charge in [0, 0.05) is 17.7 Å². The van der Waals surface area contributed by atoms with Gasteiger partial charge in [-0.15, -0.1) is 5.10 Å². The number of non-ortho nitro benzene ring substituents is 1. The van der Waals surface area contributed by atoms with Gasteiger partial charge in [-0.05, 0) is 82.4 Å². The number of aromatic nitrogens is 3. The summed E-state index contributed by atoms with van der Waals surface area (Å²) < 4.78 is 19.5. The molecule has 1 spiro atoms. The number of rotatable bonds is 11. The third kappa shape index (κ3) is 7.67.